The second-order valence-electron chi connectivity index (χ2n) is 5.15. The molecule has 1 N–H and O–H groups in total. The Kier molecular flexibility index (Phi) is 3.81. The molecule has 1 heterocycles. The third-order valence-electron chi connectivity index (χ3n) is 3.64. The maximum Gasteiger partial charge on any atom is 0.339 e. The molecule has 0 unspecified atom stereocenters. The van der Waals surface area contributed by atoms with Crippen molar-refractivity contribution in [3.05, 3.63) is 81.2 Å². The van der Waals surface area contributed by atoms with Gasteiger partial charge in [0.25, 0.3) is 0 Å². The highest BCUT2D eigenvalue weighted by molar-refractivity contribution is 6.01. The van der Waals surface area contributed by atoms with Gasteiger partial charge >= 0.3 is 5.97 Å². The number of carboxylic acid groups (broad SMARTS) is 1. The molecular formula is C19H14O4. The largest absolute Gasteiger partial charge is 0.478 e. The first-order valence-electron chi connectivity index (χ1n) is 7.11. The van der Waals surface area contributed by atoms with Crippen LogP contribution in [0.3, 0.4) is 0 Å². The Hall–Kier alpha value is -3.14. The summed E-state index contributed by atoms with van der Waals surface area (Å²) in [4.78, 5) is 23.8. The fraction of sp³-hybridized carbons (Fsp3) is 0.0526. The van der Waals surface area contributed by atoms with Gasteiger partial charge in [0.15, 0.2) is 11.0 Å². The molecular weight excluding hydrogens is 292 g/mol. The first-order valence-corrected chi connectivity index (χ1v) is 7.11. The van der Waals surface area contributed by atoms with Crippen LogP contribution >= 0.6 is 0 Å². The van der Waals surface area contributed by atoms with Crippen LogP contribution in [0.25, 0.3) is 23.1 Å². The predicted octanol–water partition coefficient (Wildman–Crippen LogP) is 3.97. The van der Waals surface area contributed by atoms with Gasteiger partial charge in [-0.15, -0.1) is 0 Å². The Bertz CT molecular complexity index is 966. The van der Waals surface area contributed by atoms with Gasteiger partial charge in [-0.1, -0.05) is 42.5 Å². The van der Waals surface area contributed by atoms with Crippen molar-refractivity contribution in [3.8, 4) is 0 Å². The molecule has 0 aliphatic rings. The molecule has 0 saturated heterocycles. The van der Waals surface area contributed by atoms with Gasteiger partial charge in [-0.25, -0.2) is 4.79 Å². The summed E-state index contributed by atoms with van der Waals surface area (Å²) in [6.07, 6.45) is 3.50. The Labute approximate surface area is 132 Å². The van der Waals surface area contributed by atoms with Crippen molar-refractivity contribution in [2.24, 2.45) is 0 Å². The fourth-order valence-corrected chi connectivity index (χ4v) is 2.39. The number of para-hydroxylation sites is 1. The number of aromatic carboxylic acids is 1. The molecule has 2 aromatic carbocycles. The summed E-state index contributed by atoms with van der Waals surface area (Å²) in [7, 11) is 0. The van der Waals surface area contributed by atoms with Crippen LogP contribution < -0.4 is 5.43 Å². The molecule has 4 heteroatoms. The number of fused-ring (bicyclic) bond motifs is 1. The average molecular weight is 306 g/mol. The third kappa shape index (κ3) is 2.79. The smallest absolute Gasteiger partial charge is 0.339 e. The summed E-state index contributed by atoms with van der Waals surface area (Å²) >= 11 is 0. The summed E-state index contributed by atoms with van der Waals surface area (Å²) in [6, 6.07) is 14.1. The van der Waals surface area contributed by atoms with Gasteiger partial charge < -0.3 is 9.52 Å². The minimum absolute atomic E-state index is 0.0195. The summed E-state index contributed by atoms with van der Waals surface area (Å²) < 4.78 is 5.72. The molecule has 23 heavy (non-hydrogen) atoms. The van der Waals surface area contributed by atoms with E-state index in [0.717, 1.165) is 5.56 Å². The van der Waals surface area contributed by atoms with Crippen LogP contribution in [-0.2, 0) is 0 Å². The number of carboxylic acids is 1. The second-order valence-corrected chi connectivity index (χ2v) is 5.15. The lowest BCUT2D eigenvalue weighted by atomic mass is 10.1. The fourth-order valence-electron chi connectivity index (χ4n) is 2.39. The van der Waals surface area contributed by atoms with E-state index in [4.69, 9.17) is 4.42 Å². The van der Waals surface area contributed by atoms with Gasteiger partial charge in [0.05, 0.1) is 5.39 Å². The minimum atomic E-state index is -1.12. The number of hydrogen-bond donors (Lipinski definition) is 1. The molecule has 0 amide bonds. The summed E-state index contributed by atoms with van der Waals surface area (Å²) in [6.45, 7) is 1.67. The molecule has 0 saturated carbocycles. The van der Waals surface area contributed by atoms with Crippen LogP contribution in [0.4, 0.5) is 0 Å². The van der Waals surface area contributed by atoms with Gasteiger partial charge in [0, 0.05) is 5.56 Å². The van der Waals surface area contributed by atoms with Crippen molar-refractivity contribution < 1.29 is 14.3 Å². The summed E-state index contributed by atoms with van der Waals surface area (Å²) in [5.74, 6) is -0.763. The topological polar surface area (TPSA) is 67.5 Å². The average Bonchev–Trinajstić information content (AvgIpc) is 2.57. The SMILES string of the molecule is Cc1c(/C=C/c2ccccc2)oc2c(C(=O)O)cccc2c1=O. The maximum absolute atomic E-state index is 12.4. The van der Waals surface area contributed by atoms with Gasteiger partial charge in [-0.2, -0.15) is 0 Å². The van der Waals surface area contributed by atoms with E-state index in [9.17, 15) is 14.7 Å². The molecule has 0 spiro atoms. The summed E-state index contributed by atoms with van der Waals surface area (Å²) in [5, 5.41) is 9.54. The molecule has 3 aromatic rings. The molecule has 0 bridgehead atoms. The predicted molar refractivity (Wildman–Crippen MR) is 89.6 cm³/mol. The molecule has 3 rings (SSSR count). The maximum atomic E-state index is 12.4. The van der Waals surface area contributed by atoms with Crippen LogP contribution in [0.5, 0.6) is 0 Å². The highest BCUT2D eigenvalue weighted by atomic mass is 16.4. The number of benzene rings is 2. The minimum Gasteiger partial charge on any atom is -0.478 e. The zero-order valence-electron chi connectivity index (χ0n) is 12.4. The molecule has 0 fully saturated rings. The summed E-state index contributed by atoms with van der Waals surface area (Å²) in [5.41, 5.74) is 1.27. The number of rotatable bonds is 3. The molecule has 114 valence electrons. The van der Waals surface area contributed by atoms with Crippen LogP contribution in [-0.4, -0.2) is 11.1 Å². The third-order valence-corrected chi connectivity index (χ3v) is 3.64. The van der Waals surface area contributed by atoms with Gasteiger partial charge in [-0.3, -0.25) is 4.79 Å². The van der Waals surface area contributed by atoms with Crippen LogP contribution in [0.15, 0.2) is 57.7 Å². The molecule has 0 atom stereocenters. The van der Waals surface area contributed by atoms with Crippen molar-refractivity contribution in [1.29, 1.82) is 0 Å². The van der Waals surface area contributed by atoms with Crippen molar-refractivity contribution in [2.75, 3.05) is 0 Å². The number of carbonyl (C=O) groups is 1. The standard InChI is InChI=1S/C19H14O4/c1-12-16(11-10-13-6-3-2-4-7-13)23-18-14(17(12)20)8-5-9-15(18)19(21)22/h2-11H,1H3,(H,21,22)/b11-10+. The van der Waals surface area contributed by atoms with E-state index in [-0.39, 0.29) is 22.0 Å². The Morgan fingerprint density at radius 2 is 1.78 bits per heavy atom. The van der Waals surface area contributed by atoms with Crippen LogP contribution in [0.2, 0.25) is 0 Å². The Balaban J connectivity index is 2.20. The molecule has 0 radical (unpaired) electrons. The van der Waals surface area contributed by atoms with E-state index < -0.39 is 5.97 Å². The van der Waals surface area contributed by atoms with E-state index >= 15 is 0 Å². The lowest BCUT2D eigenvalue weighted by Crippen LogP contribution is -2.09. The van der Waals surface area contributed by atoms with E-state index in [1.807, 2.05) is 36.4 Å². The van der Waals surface area contributed by atoms with Gasteiger partial charge in [0.2, 0.25) is 0 Å². The second kappa shape index (κ2) is 5.93. The van der Waals surface area contributed by atoms with Crippen molar-refractivity contribution in [1.82, 2.24) is 0 Å². The quantitative estimate of drug-likeness (QED) is 0.795. The van der Waals surface area contributed by atoms with E-state index in [1.165, 1.54) is 6.07 Å². The van der Waals surface area contributed by atoms with Crippen molar-refractivity contribution in [2.45, 2.75) is 6.92 Å². The monoisotopic (exact) mass is 306 g/mol. The van der Waals surface area contributed by atoms with E-state index in [1.54, 1.807) is 25.1 Å². The Morgan fingerprint density at radius 1 is 1.04 bits per heavy atom. The zero-order chi connectivity index (χ0) is 16.4. The molecule has 4 nitrogen and oxygen atoms in total. The Morgan fingerprint density at radius 3 is 2.48 bits per heavy atom. The van der Waals surface area contributed by atoms with Gasteiger partial charge in [-0.05, 0) is 30.7 Å². The molecule has 0 aliphatic carbocycles. The van der Waals surface area contributed by atoms with Crippen molar-refractivity contribution in [3.63, 3.8) is 0 Å². The van der Waals surface area contributed by atoms with E-state index in [2.05, 4.69) is 0 Å². The first kappa shape index (κ1) is 14.8. The highest BCUT2D eigenvalue weighted by Gasteiger charge is 2.15. The lowest BCUT2D eigenvalue weighted by molar-refractivity contribution is 0.0697. The number of hydrogen-bond acceptors (Lipinski definition) is 3. The normalized spacial score (nSPS) is 11.2. The van der Waals surface area contributed by atoms with Gasteiger partial charge in [0.1, 0.15) is 11.3 Å². The van der Waals surface area contributed by atoms with E-state index in [0.29, 0.717) is 11.3 Å². The van der Waals surface area contributed by atoms with Crippen molar-refractivity contribution >= 4 is 29.1 Å². The van der Waals surface area contributed by atoms with Crippen LogP contribution in [0, 0.1) is 6.92 Å². The zero-order valence-corrected chi connectivity index (χ0v) is 12.4. The van der Waals surface area contributed by atoms with Crippen LogP contribution in [0.1, 0.15) is 27.2 Å². The highest BCUT2D eigenvalue weighted by Crippen LogP contribution is 2.21. The first-order chi connectivity index (χ1) is 11.1. The molecule has 1 aromatic heterocycles. The lowest BCUT2D eigenvalue weighted by Gasteiger charge is -2.05. The molecule has 0 aliphatic heterocycles.